The van der Waals surface area contributed by atoms with Crippen molar-refractivity contribution in [1.29, 1.82) is 0 Å². The van der Waals surface area contributed by atoms with Crippen LogP contribution in [0.15, 0.2) is 30.3 Å². The van der Waals surface area contributed by atoms with E-state index in [1.54, 1.807) is 0 Å². The molecule has 0 aliphatic rings. The molecule has 0 bridgehead atoms. The minimum absolute atomic E-state index is 0. The van der Waals surface area contributed by atoms with Crippen LogP contribution in [-0.4, -0.2) is 31.0 Å². The standard InChI is InChI=1S/C20H25O2P.Li/c1-6-11-22-17-7-9-18(10-8-17)23-20(21)19-14(3)12-13(2)15(4)16(19)5;/h7-10,12,23H,6,11H2,1-5H3;. The van der Waals surface area contributed by atoms with Crippen LogP contribution in [0.5, 0.6) is 5.75 Å². The third-order valence-corrected chi connectivity index (χ3v) is 5.27. The van der Waals surface area contributed by atoms with Crippen LogP contribution in [0.1, 0.15) is 46.0 Å². The zero-order valence-electron chi connectivity index (χ0n) is 15.6. The molecule has 0 aliphatic heterocycles. The second-order valence-corrected chi connectivity index (χ2v) is 7.24. The smallest absolute Gasteiger partial charge is 0.186 e. The first kappa shape index (κ1) is 21.0. The zero-order valence-corrected chi connectivity index (χ0v) is 16.6. The summed E-state index contributed by atoms with van der Waals surface area (Å²) in [6.45, 7) is 11.1. The molecule has 0 heterocycles. The molecule has 0 saturated carbocycles. The van der Waals surface area contributed by atoms with Crippen molar-refractivity contribution in [2.75, 3.05) is 6.61 Å². The molecule has 0 N–H and O–H groups in total. The Morgan fingerprint density at radius 1 is 1.00 bits per heavy atom. The van der Waals surface area contributed by atoms with Gasteiger partial charge in [-0.3, -0.25) is 4.79 Å². The molecule has 0 saturated heterocycles. The number of hydrogen-bond acceptors (Lipinski definition) is 2. The fraction of sp³-hybridized carbons (Fsp3) is 0.350. The second-order valence-electron chi connectivity index (χ2n) is 5.96. The summed E-state index contributed by atoms with van der Waals surface area (Å²) >= 11 is 0. The number of benzene rings is 2. The summed E-state index contributed by atoms with van der Waals surface area (Å²) in [6, 6.07) is 10.00. The average molecular weight is 335 g/mol. The van der Waals surface area contributed by atoms with Gasteiger partial charge in [0.05, 0.1) is 6.61 Å². The average Bonchev–Trinajstić information content (AvgIpc) is 2.52. The first-order valence-corrected chi connectivity index (χ1v) is 9.05. The molecule has 1 radical (unpaired) electrons. The van der Waals surface area contributed by atoms with Crippen LogP contribution in [0.25, 0.3) is 0 Å². The van der Waals surface area contributed by atoms with Crippen LogP contribution in [0, 0.1) is 27.7 Å². The van der Waals surface area contributed by atoms with Crippen molar-refractivity contribution in [3.05, 3.63) is 58.1 Å². The summed E-state index contributed by atoms with van der Waals surface area (Å²) in [4.78, 5) is 12.8. The summed E-state index contributed by atoms with van der Waals surface area (Å²) in [6.07, 6.45) is 0.993. The SMILES string of the molecule is CCCOc1ccc(PC(=O)c2c(C)cc(C)c(C)c2C)cc1.[Li]. The van der Waals surface area contributed by atoms with Gasteiger partial charge in [0, 0.05) is 24.4 Å². The maximum absolute atomic E-state index is 12.8. The van der Waals surface area contributed by atoms with E-state index >= 15 is 0 Å². The van der Waals surface area contributed by atoms with Gasteiger partial charge in [0.1, 0.15) is 5.75 Å². The van der Waals surface area contributed by atoms with Crippen molar-refractivity contribution in [3.63, 3.8) is 0 Å². The Balaban J connectivity index is 0.00000288. The third kappa shape index (κ3) is 4.97. The molecule has 0 aromatic heterocycles. The molecular formula is C20H25LiO2P. The number of hydrogen-bond donors (Lipinski definition) is 0. The fourth-order valence-electron chi connectivity index (χ4n) is 2.68. The van der Waals surface area contributed by atoms with Gasteiger partial charge < -0.3 is 4.74 Å². The molecule has 123 valence electrons. The van der Waals surface area contributed by atoms with E-state index < -0.39 is 0 Å². The number of carbonyl (C=O) groups excluding carboxylic acids is 1. The first-order valence-electron chi connectivity index (χ1n) is 8.05. The normalized spacial score (nSPS) is 10.7. The molecule has 24 heavy (non-hydrogen) atoms. The van der Waals surface area contributed by atoms with Crippen LogP contribution in [-0.2, 0) is 0 Å². The number of ether oxygens (including phenoxy) is 1. The number of aryl methyl sites for hydroxylation is 2. The quantitative estimate of drug-likeness (QED) is 0.575. The van der Waals surface area contributed by atoms with Gasteiger partial charge in [-0.25, -0.2) is 0 Å². The molecule has 0 aliphatic carbocycles. The minimum atomic E-state index is 0. The molecule has 4 heteroatoms. The van der Waals surface area contributed by atoms with E-state index in [-0.39, 0.29) is 33.0 Å². The van der Waals surface area contributed by atoms with Gasteiger partial charge in [-0.1, -0.05) is 25.1 Å². The van der Waals surface area contributed by atoms with E-state index in [0.717, 1.165) is 40.8 Å². The fourth-order valence-corrected chi connectivity index (χ4v) is 3.79. The van der Waals surface area contributed by atoms with Crippen molar-refractivity contribution in [2.24, 2.45) is 0 Å². The second kappa shape index (κ2) is 9.43. The molecule has 2 aromatic rings. The Labute approximate surface area is 159 Å². The monoisotopic (exact) mass is 335 g/mol. The Morgan fingerprint density at radius 2 is 1.62 bits per heavy atom. The minimum Gasteiger partial charge on any atom is -0.494 e. The van der Waals surface area contributed by atoms with E-state index in [9.17, 15) is 4.79 Å². The van der Waals surface area contributed by atoms with E-state index in [2.05, 4.69) is 33.8 Å². The Kier molecular flexibility index (Phi) is 8.24. The van der Waals surface area contributed by atoms with Crippen LogP contribution >= 0.6 is 8.58 Å². The summed E-state index contributed by atoms with van der Waals surface area (Å²) in [5, 5.41) is 1.05. The Bertz CT molecular complexity index is 709. The largest absolute Gasteiger partial charge is 0.494 e. The van der Waals surface area contributed by atoms with Gasteiger partial charge in [-0.2, -0.15) is 0 Å². The van der Waals surface area contributed by atoms with E-state index in [4.69, 9.17) is 4.74 Å². The van der Waals surface area contributed by atoms with Crippen LogP contribution in [0.2, 0.25) is 0 Å². The summed E-state index contributed by atoms with van der Waals surface area (Å²) in [5.74, 6) is 0.867. The van der Waals surface area contributed by atoms with Crippen LogP contribution < -0.4 is 10.0 Å². The molecular weight excluding hydrogens is 310 g/mol. The molecule has 2 nitrogen and oxygen atoms in total. The van der Waals surface area contributed by atoms with Gasteiger partial charge in [-0.15, -0.1) is 0 Å². The molecule has 2 aromatic carbocycles. The van der Waals surface area contributed by atoms with Crippen molar-refractivity contribution in [2.45, 2.75) is 41.0 Å². The molecule has 2 rings (SSSR count). The summed E-state index contributed by atoms with van der Waals surface area (Å²) in [5.41, 5.74) is 5.75. The Morgan fingerprint density at radius 3 is 2.21 bits per heavy atom. The summed E-state index contributed by atoms with van der Waals surface area (Å²) < 4.78 is 5.59. The topological polar surface area (TPSA) is 26.3 Å². The number of carbonyl (C=O) groups is 1. The third-order valence-electron chi connectivity index (χ3n) is 4.17. The molecule has 0 spiro atoms. The predicted molar refractivity (Wildman–Crippen MR) is 106 cm³/mol. The van der Waals surface area contributed by atoms with Gasteiger partial charge in [0.25, 0.3) is 0 Å². The van der Waals surface area contributed by atoms with Gasteiger partial charge >= 0.3 is 0 Å². The van der Waals surface area contributed by atoms with E-state index in [1.165, 1.54) is 11.1 Å². The molecule has 0 fully saturated rings. The van der Waals surface area contributed by atoms with Crippen molar-refractivity contribution >= 4 is 38.3 Å². The maximum atomic E-state index is 12.8. The van der Waals surface area contributed by atoms with Crippen molar-refractivity contribution in [3.8, 4) is 5.75 Å². The van der Waals surface area contributed by atoms with Crippen molar-refractivity contribution < 1.29 is 9.53 Å². The summed E-state index contributed by atoms with van der Waals surface area (Å²) in [7, 11) is 0.146. The molecule has 0 amide bonds. The number of rotatable bonds is 6. The van der Waals surface area contributed by atoms with Crippen LogP contribution in [0.3, 0.4) is 0 Å². The van der Waals surface area contributed by atoms with Crippen LogP contribution in [0.4, 0.5) is 0 Å². The van der Waals surface area contributed by atoms with Gasteiger partial charge in [0.2, 0.25) is 0 Å². The molecule has 1 unspecified atom stereocenters. The zero-order chi connectivity index (χ0) is 17.0. The maximum Gasteiger partial charge on any atom is 0.186 e. The van der Waals surface area contributed by atoms with Gasteiger partial charge in [0.15, 0.2) is 5.52 Å². The first-order chi connectivity index (χ1) is 10.9. The Hall–Kier alpha value is -1.06. The van der Waals surface area contributed by atoms with Gasteiger partial charge in [-0.05, 0) is 82.4 Å². The van der Waals surface area contributed by atoms with E-state index in [1.807, 2.05) is 31.2 Å². The van der Waals surface area contributed by atoms with Crippen molar-refractivity contribution in [1.82, 2.24) is 0 Å². The predicted octanol–water partition coefficient (Wildman–Crippen LogP) is 4.47. The van der Waals surface area contributed by atoms with E-state index in [0.29, 0.717) is 0 Å². The molecule has 1 atom stereocenters.